The normalized spacial score (nSPS) is 13.1. The average Bonchev–Trinajstić information content (AvgIpc) is 2.28. The van der Waals surface area contributed by atoms with E-state index in [9.17, 15) is 0 Å². The highest BCUT2D eigenvalue weighted by molar-refractivity contribution is 5.69. The van der Waals surface area contributed by atoms with Crippen LogP contribution in [0.15, 0.2) is 35.0 Å². The zero-order valence-electron chi connectivity index (χ0n) is 10.0. The van der Waals surface area contributed by atoms with E-state index in [0.29, 0.717) is 0 Å². The quantitative estimate of drug-likeness (QED) is 0.653. The Kier molecular flexibility index (Phi) is 4.29. The van der Waals surface area contributed by atoms with Crippen molar-refractivity contribution in [1.82, 2.24) is 0 Å². The standard InChI is InChI=1S/C14H19N/c1-5-13-7-9-14(10-8-13)11(3)12(4)15-6-2/h6-10H,5H2,1-4H3/b12-11+,15-6-. The Balaban J connectivity index is 3.01. The van der Waals surface area contributed by atoms with Crippen LogP contribution in [0.4, 0.5) is 0 Å². The molecule has 0 fully saturated rings. The lowest BCUT2D eigenvalue weighted by Gasteiger charge is -2.05. The molecule has 0 bridgehead atoms. The predicted octanol–water partition coefficient (Wildman–Crippen LogP) is 4.09. The van der Waals surface area contributed by atoms with Gasteiger partial charge in [0.15, 0.2) is 0 Å². The lowest BCUT2D eigenvalue weighted by Crippen LogP contribution is -1.85. The van der Waals surface area contributed by atoms with Gasteiger partial charge in [0.25, 0.3) is 0 Å². The van der Waals surface area contributed by atoms with Crippen molar-refractivity contribution in [1.29, 1.82) is 0 Å². The Hall–Kier alpha value is -1.37. The van der Waals surface area contributed by atoms with Gasteiger partial charge in [-0.3, -0.25) is 4.99 Å². The highest BCUT2D eigenvalue weighted by Gasteiger charge is 1.99. The lowest BCUT2D eigenvalue weighted by molar-refractivity contribution is 1.14. The molecule has 0 spiro atoms. The zero-order chi connectivity index (χ0) is 11.3. The Morgan fingerprint density at radius 2 is 1.80 bits per heavy atom. The van der Waals surface area contributed by atoms with Crippen LogP contribution in [0, 0.1) is 0 Å². The molecule has 0 saturated heterocycles. The van der Waals surface area contributed by atoms with Crippen LogP contribution in [0.25, 0.3) is 5.57 Å². The van der Waals surface area contributed by atoms with E-state index in [-0.39, 0.29) is 0 Å². The van der Waals surface area contributed by atoms with Gasteiger partial charge < -0.3 is 0 Å². The zero-order valence-corrected chi connectivity index (χ0v) is 10.0. The number of hydrogen-bond donors (Lipinski definition) is 0. The summed E-state index contributed by atoms with van der Waals surface area (Å²) in [6, 6.07) is 8.70. The summed E-state index contributed by atoms with van der Waals surface area (Å²) >= 11 is 0. The van der Waals surface area contributed by atoms with Gasteiger partial charge in [0.2, 0.25) is 0 Å². The summed E-state index contributed by atoms with van der Waals surface area (Å²) < 4.78 is 0. The summed E-state index contributed by atoms with van der Waals surface area (Å²) in [4.78, 5) is 4.30. The van der Waals surface area contributed by atoms with Crippen molar-refractivity contribution in [3.63, 3.8) is 0 Å². The number of aryl methyl sites for hydroxylation is 1. The van der Waals surface area contributed by atoms with Crippen molar-refractivity contribution in [2.45, 2.75) is 34.1 Å². The summed E-state index contributed by atoms with van der Waals surface area (Å²) in [5.41, 5.74) is 4.97. The molecular weight excluding hydrogens is 182 g/mol. The van der Waals surface area contributed by atoms with E-state index in [1.807, 2.05) is 20.1 Å². The van der Waals surface area contributed by atoms with Crippen LogP contribution >= 0.6 is 0 Å². The first kappa shape index (κ1) is 11.7. The fraction of sp³-hybridized carbons (Fsp3) is 0.357. The minimum Gasteiger partial charge on any atom is -0.266 e. The fourth-order valence-electron chi connectivity index (χ4n) is 1.49. The third-order valence-electron chi connectivity index (χ3n) is 2.66. The van der Waals surface area contributed by atoms with Crippen molar-refractivity contribution in [3.8, 4) is 0 Å². The molecule has 0 N–H and O–H groups in total. The first-order chi connectivity index (χ1) is 7.19. The molecule has 1 aromatic rings. The molecule has 0 radical (unpaired) electrons. The van der Waals surface area contributed by atoms with Gasteiger partial charge in [-0.25, -0.2) is 0 Å². The van der Waals surface area contributed by atoms with Gasteiger partial charge in [-0.05, 0) is 43.9 Å². The molecule has 1 nitrogen and oxygen atoms in total. The maximum atomic E-state index is 4.30. The summed E-state index contributed by atoms with van der Waals surface area (Å²) in [7, 11) is 0. The van der Waals surface area contributed by atoms with Crippen LogP contribution in [-0.4, -0.2) is 6.21 Å². The first-order valence-electron chi connectivity index (χ1n) is 5.44. The van der Waals surface area contributed by atoms with E-state index in [2.05, 4.69) is 43.1 Å². The number of rotatable bonds is 3. The molecule has 0 aliphatic rings. The third kappa shape index (κ3) is 3.05. The van der Waals surface area contributed by atoms with Crippen molar-refractivity contribution in [2.24, 2.45) is 4.99 Å². The van der Waals surface area contributed by atoms with E-state index in [0.717, 1.165) is 12.1 Å². The summed E-state index contributed by atoms with van der Waals surface area (Å²) in [5.74, 6) is 0. The molecule has 80 valence electrons. The molecule has 15 heavy (non-hydrogen) atoms. The molecule has 1 aromatic carbocycles. The van der Waals surface area contributed by atoms with Crippen molar-refractivity contribution < 1.29 is 0 Å². The Labute approximate surface area is 92.6 Å². The van der Waals surface area contributed by atoms with Crippen LogP contribution < -0.4 is 0 Å². The molecule has 0 aliphatic heterocycles. The number of benzene rings is 1. The largest absolute Gasteiger partial charge is 0.266 e. The van der Waals surface area contributed by atoms with Gasteiger partial charge in [0.1, 0.15) is 0 Å². The smallest absolute Gasteiger partial charge is 0.0403 e. The lowest BCUT2D eigenvalue weighted by atomic mass is 10.0. The van der Waals surface area contributed by atoms with E-state index in [4.69, 9.17) is 0 Å². The highest BCUT2D eigenvalue weighted by Crippen LogP contribution is 2.19. The summed E-state index contributed by atoms with van der Waals surface area (Å²) in [5, 5.41) is 0. The van der Waals surface area contributed by atoms with Gasteiger partial charge in [-0.15, -0.1) is 0 Å². The van der Waals surface area contributed by atoms with Gasteiger partial charge in [-0.2, -0.15) is 0 Å². The van der Waals surface area contributed by atoms with Gasteiger partial charge in [-0.1, -0.05) is 31.2 Å². The van der Waals surface area contributed by atoms with Crippen molar-refractivity contribution in [3.05, 3.63) is 41.1 Å². The van der Waals surface area contributed by atoms with Gasteiger partial charge in [0.05, 0.1) is 0 Å². The molecule has 0 saturated carbocycles. The van der Waals surface area contributed by atoms with E-state index in [1.54, 1.807) is 0 Å². The van der Waals surface area contributed by atoms with Crippen molar-refractivity contribution >= 4 is 11.8 Å². The number of allylic oxidation sites excluding steroid dienone is 2. The van der Waals surface area contributed by atoms with E-state index >= 15 is 0 Å². The molecular formula is C14H19N. The monoisotopic (exact) mass is 201 g/mol. The SMILES string of the molecule is C/C=N\C(C)=C(/C)c1ccc(CC)cc1. The third-order valence-corrected chi connectivity index (χ3v) is 2.66. The number of nitrogens with zero attached hydrogens (tertiary/aromatic N) is 1. The second-order valence-corrected chi connectivity index (χ2v) is 3.65. The average molecular weight is 201 g/mol. The Morgan fingerprint density at radius 3 is 2.27 bits per heavy atom. The number of aliphatic imine (C=N–C) groups is 1. The Bertz CT molecular complexity index is 369. The maximum Gasteiger partial charge on any atom is 0.0403 e. The second-order valence-electron chi connectivity index (χ2n) is 3.65. The minimum atomic E-state index is 1.08. The molecule has 0 aromatic heterocycles. The molecule has 0 atom stereocenters. The van der Waals surface area contributed by atoms with E-state index in [1.165, 1.54) is 16.7 Å². The first-order valence-corrected chi connectivity index (χ1v) is 5.44. The number of hydrogen-bond acceptors (Lipinski definition) is 1. The van der Waals surface area contributed by atoms with Gasteiger partial charge in [0, 0.05) is 11.9 Å². The Morgan fingerprint density at radius 1 is 1.20 bits per heavy atom. The van der Waals surface area contributed by atoms with Crippen LogP contribution in [0.1, 0.15) is 38.8 Å². The van der Waals surface area contributed by atoms with E-state index < -0.39 is 0 Å². The molecule has 0 amide bonds. The van der Waals surface area contributed by atoms with Crippen LogP contribution in [0.2, 0.25) is 0 Å². The van der Waals surface area contributed by atoms with Crippen LogP contribution in [0.3, 0.4) is 0 Å². The molecule has 1 heteroatoms. The molecule has 1 rings (SSSR count). The summed E-state index contributed by atoms with van der Waals surface area (Å²) in [6.45, 7) is 8.27. The molecule has 0 aliphatic carbocycles. The van der Waals surface area contributed by atoms with Crippen LogP contribution in [-0.2, 0) is 6.42 Å². The summed E-state index contributed by atoms with van der Waals surface area (Å²) in [6.07, 6.45) is 2.92. The molecule has 0 unspecified atom stereocenters. The maximum absolute atomic E-state index is 4.30. The minimum absolute atomic E-state index is 1.08. The topological polar surface area (TPSA) is 12.4 Å². The highest BCUT2D eigenvalue weighted by atomic mass is 14.7. The van der Waals surface area contributed by atoms with Crippen LogP contribution in [0.5, 0.6) is 0 Å². The predicted molar refractivity (Wildman–Crippen MR) is 68.3 cm³/mol. The molecule has 0 heterocycles. The van der Waals surface area contributed by atoms with Gasteiger partial charge >= 0.3 is 0 Å². The van der Waals surface area contributed by atoms with Crippen molar-refractivity contribution in [2.75, 3.05) is 0 Å². The fourth-order valence-corrected chi connectivity index (χ4v) is 1.49. The second kappa shape index (κ2) is 5.50.